The van der Waals surface area contributed by atoms with E-state index >= 15 is 0 Å². The van der Waals surface area contributed by atoms with Crippen LogP contribution in [-0.2, 0) is 30.9 Å². The number of hydrogen-bond donors (Lipinski definition) is 1. The van der Waals surface area contributed by atoms with E-state index < -0.39 is 17.4 Å². The molecule has 0 saturated heterocycles. The Hall–Kier alpha value is -2.21. The van der Waals surface area contributed by atoms with Gasteiger partial charge in [0.25, 0.3) is 5.56 Å². The normalized spacial score (nSPS) is 14.3. The molecule has 1 N–H and O–H groups in total. The number of aromatic nitrogens is 2. The fourth-order valence-electron chi connectivity index (χ4n) is 2.86. The van der Waals surface area contributed by atoms with Gasteiger partial charge in [-0.25, -0.2) is 4.79 Å². The summed E-state index contributed by atoms with van der Waals surface area (Å²) in [5.74, 6) is 0. The molecule has 2 aromatic heterocycles. The Morgan fingerprint density at radius 2 is 2.29 bits per heavy atom. The van der Waals surface area contributed by atoms with Crippen molar-refractivity contribution >= 4 is 11.3 Å². The van der Waals surface area contributed by atoms with Crippen molar-refractivity contribution in [2.24, 2.45) is 0 Å². The zero-order valence-corrected chi connectivity index (χ0v) is 13.8. The van der Waals surface area contributed by atoms with Crippen molar-refractivity contribution < 1.29 is 9.84 Å². The van der Waals surface area contributed by atoms with E-state index in [1.807, 2.05) is 23.6 Å². The highest BCUT2D eigenvalue weighted by atomic mass is 32.1. The summed E-state index contributed by atoms with van der Waals surface area (Å²) in [4.78, 5) is 25.8. The summed E-state index contributed by atoms with van der Waals surface area (Å²) >= 11 is 1.55. The fourth-order valence-corrected chi connectivity index (χ4v) is 3.50. The smallest absolute Gasteiger partial charge is 0.331 e. The van der Waals surface area contributed by atoms with E-state index in [1.165, 1.54) is 4.57 Å². The molecule has 3 rings (SSSR count). The standard InChI is InChI=1S/C16H17N3O4S/c17-7-13-14-4-1-5-18(14)16(22)19(15(13)21)8-11(20)9-23-10-12-3-2-6-24-12/h2-3,6,11,20H,1,4-5,8-10H2/t11-/m0/s1. The predicted octanol–water partition coefficient (Wildman–Crippen LogP) is 0.467. The second-order valence-corrected chi connectivity index (χ2v) is 6.67. The van der Waals surface area contributed by atoms with Crippen molar-refractivity contribution in [2.75, 3.05) is 6.61 Å². The van der Waals surface area contributed by atoms with Gasteiger partial charge in [0.15, 0.2) is 0 Å². The minimum Gasteiger partial charge on any atom is -0.389 e. The average molecular weight is 347 g/mol. The van der Waals surface area contributed by atoms with Crippen LogP contribution in [0, 0.1) is 11.3 Å². The largest absolute Gasteiger partial charge is 0.389 e. The first-order valence-corrected chi connectivity index (χ1v) is 8.54. The summed E-state index contributed by atoms with van der Waals surface area (Å²) in [7, 11) is 0. The number of nitriles is 1. The van der Waals surface area contributed by atoms with Gasteiger partial charge in [0.1, 0.15) is 11.6 Å². The van der Waals surface area contributed by atoms with Crippen LogP contribution in [0.4, 0.5) is 0 Å². The van der Waals surface area contributed by atoms with Gasteiger partial charge < -0.3 is 9.84 Å². The van der Waals surface area contributed by atoms with Crippen molar-refractivity contribution in [3.05, 3.63) is 54.5 Å². The topological polar surface area (TPSA) is 97.2 Å². The molecule has 8 heteroatoms. The molecule has 0 bridgehead atoms. The van der Waals surface area contributed by atoms with Gasteiger partial charge in [0.05, 0.1) is 25.9 Å². The SMILES string of the molecule is N#Cc1c2n(c(=O)n(C[C@H](O)COCc3cccs3)c1=O)CCC2. The summed E-state index contributed by atoms with van der Waals surface area (Å²) in [6, 6.07) is 5.73. The van der Waals surface area contributed by atoms with Crippen LogP contribution in [0.3, 0.4) is 0 Å². The van der Waals surface area contributed by atoms with Crippen LogP contribution in [0.5, 0.6) is 0 Å². The van der Waals surface area contributed by atoms with Crippen LogP contribution in [0.1, 0.15) is 22.6 Å². The number of rotatable bonds is 6. The summed E-state index contributed by atoms with van der Waals surface area (Å²) < 4.78 is 7.81. The zero-order chi connectivity index (χ0) is 17.1. The third-order valence-corrected chi connectivity index (χ3v) is 4.82. The van der Waals surface area contributed by atoms with E-state index in [9.17, 15) is 20.0 Å². The van der Waals surface area contributed by atoms with Gasteiger partial charge in [-0.05, 0) is 24.3 Å². The molecular formula is C16H17N3O4S. The van der Waals surface area contributed by atoms with Crippen LogP contribution in [-0.4, -0.2) is 27.0 Å². The maximum absolute atomic E-state index is 12.4. The number of aliphatic hydroxyl groups excluding tert-OH is 1. The molecule has 0 radical (unpaired) electrons. The predicted molar refractivity (Wildman–Crippen MR) is 88.0 cm³/mol. The molecule has 0 amide bonds. The minimum atomic E-state index is -0.998. The summed E-state index contributed by atoms with van der Waals surface area (Å²) in [6.07, 6.45) is 0.294. The van der Waals surface area contributed by atoms with Gasteiger partial charge in [0, 0.05) is 17.1 Å². The van der Waals surface area contributed by atoms with E-state index in [2.05, 4.69) is 0 Å². The molecule has 0 aliphatic carbocycles. The van der Waals surface area contributed by atoms with E-state index in [0.29, 0.717) is 25.3 Å². The lowest BCUT2D eigenvalue weighted by Crippen LogP contribution is -2.44. The van der Waals surface area contributed by atoms with Gasteiger partial charge in [-0.15, -0.1) is 11.3 Å². The van der Waals surface area contributed by atoms with Crippen molar-refractivity contribution in [3.63, 3.8) is 0 Å². The Morgan fingerprint density at radius 1 is 1.46 bits per heavy atom. The first-order valence-electron chi connectivity index (χ1n) is 7.66. The molecule has 1 aliphatic heterocycles. The Labute approximate surface area is 142 Å². The lowest BCUT2D eigenvalue weighted by Gasteiger charge is -2.14. The van der Waals surface area contributed by atoms with Gasteiger partial charge in [-0.1, -0.05) is 6.07 Å². The van der Waals surface area contributed by atoms with Crippen molar-refractivity contribution in [3.8, 4) is 6.07 Å². The fraction of sp³-hybridized carbons (Fsp3) is 0.438. The first-order chi connectivity index (χ1) is 11.6. The van der Waals surface area contributed by atoms with Crippen LogP contribution >= 0.6 is 11.3 Å². The second-order valence-electron chi connectivity index (χ2n) is 5.64. The molecule has 7 nitrogen and oxygen atoms in total. The van der Waals surface area contributed by atoms with E-state index in [0.717, 1.165) is 15.9 Å². The third-order valence-electron chi connectivity index (χ3n) is 3.97. The van der Waals surface area contributed by atoms with Crippen LogP contribution in [0.15, 0.2) is 27.1 Å². The number of ether oxygens (including phenoxy) is 1. The van der Waals surface area contributed by atoms with Crippen LogP contribution < -0.4 is 11.2 Å². The highest BCUT2D eigenvalue weighted by molar-refractivity contribution is 7.09. The van der Waals surface area contributed by atoms with Crippen molar-refractivity contribution in [2.45, 2.75) is 38.6 Å². The average Bonchev–Trinajstić information content (AvgIpc) is 3.23. The van der Waals surface area contributed by atoms with Gasteiger partial charge in [0.2, 0.25) is 0 Å². The van der Waals surface area contributed by atoms with Crippen LogP contribution in [0.2, 0.25) is 0 Å². The molecule has 0 fully saturated rings. The molecule has 3 heterocycles. The molecule has 1 atom stereocenters. The number of hydrogen-bond acceptors (Lipinski definition) is 6. The lowest BCUT2D eigenvalue weighted by molar-refractivity contribution is 0.0200. The minimum absolute atomic E-state index is 0.00111. The summed E-state index contributed by atoms with van der Waals surface area (Å²) in [5.41, 5.74) is -0.595. The van der Waals surface area contributed by atoms with Crippen molar-refractivity contribution in [1.29, 1.82) is 5.26 Å². The molecule has 126 valence electrons. The monoisotopic (exact) mass is 347 g/mol. The van der Waals surface area contributed by atoms with Gasteiger partial charge >= 0.3 is 5.69 Å². The summed E-state index contributed by atoms with van der Waals surface area (Å²) in [6.45, 7) is 0.689. The van der Waals surface area contributed by atoms with Crippen molar-refractivity contribution in [1.82, 2.24) is 9.13 Å². The maximum atomic E-state index is 12.4. The highest BCUT2D eigenvalue weighted by Gasteiger charge is 2.23. The van der Waals surface area contributed by atoms with E-state index in [1.54, 1.807) is 11.3 Å². The number of fused-ring (bicyclic) bond motifs is 1. The highest BCUT2D eigenvalue weighted by Crippen LogP contribution is 2.13. The Morgan fingerprint density at radius 3 is 3.00 bits per heavy atom. The maximum Gasteiger partial charge on any atom is 0.331 e. The quantitative estimate of drug-likeness (QED) is 0.819. The number of nitrogens with zero attached hydrogens (tertiary/aromatic N) is 3. The molecular weight excluding hydrogens is 330 g/mol. The molecule has 2 aromatic rings. The molecule has 24 heavy (non-hydrogen) atoms. The Bertz CT molecular complexity index is 876. The molecule has 0 saturated carbocycles. The Kier molecular flexibility index (Phi) is 4.94. The Balaban J connectivity index is 1.74. The first kappa shape index (κ1) is 16.6. The lowest BCUT2D eigenvalue weighted by atomic mass is 10.2. The third kappa shape index (κ3) is 3.19. The van der Waals surface area contributed by atoms with Gasteiger partial charge in [-0.3, -0.25) is 13.9 Å². The van der Waals surface area contributed by atoms with Gasteiger partial charge in [-0.2, -0.15) is 5.26 Å². The molecule has 0 spiro atoms. The number of aliphatic hydroxyl groups is 1. The van der Waals surface area contributed by atoms with E-state index in [-0.39, 0.29) is 18.7 Å². The second kappa shape index (κ2) is 7.13. The molecule has 0 aromatic carbocycles. The summed E-state index contributed by atoms with van der Waals surface area (Å²) in [5, 5.41) is 21.2. The number of thiophene rings is 1. The molecule has 0 unspecified atom stereocenters. The van der Waals surface area contributed by atoms with E-state index in [4.69, 9.17) is 4.74 Å². The van der Waals surface area contributed by atoms with Crippen LogP contribution in [0.25, 0.3) is 0 Å². The molecule has 1 aliphatic rings. The zero-order valence-electron chi connectivity index (χ0n) is 13.0.